The monoisotopic (exact) mass is 444 g/mol. The van der Waals surface area contributed by atoms with Crippen LogP contribution in [0.25, 0.3) is 0 Å². The topological polar surface area (TPSA) is 94.6 Å². The molecule has 172 valence electrons. The van der Waals surface area contributed by atoms with Crippen LogP contribution in [-0.4, -0.2) is 65.7 Å². The molecule has 1 saturated heterocycles. The van der Waals surface area contributed by atoms with Gasteiger partial charge in [-0.3, -0.25) is 0 Å². The smallest absolute Gasteiger partial charge is 0.429 e. The predicted molar refractivity (Wildman–Crippen MR) is 113 cm³/mol. The first-order valence-corrected chi connectivity index (χ1v) is 10.7. The number of methoxy groups -OCH3 is 1. The number of amides is 2. The van der Waals surface area contributed by atoms with Crippen LogP contribution in [0.4, 0.5) is 9.59 Å². The lowest BCUT2D eigenvalue weighted by Gasteiger charge is -2.34. The van der Waals surface area contributed by atoms with Gasteiger partial charge in [-0.1, -0.05) is 0 Å². The Hall–Kier alpha value is -3.23. The zero-order chi connectivity index (χ0) is 23.3. The molecule has 3 aliphatic rings. The normalized spacial score (nSPS) is 25.2. The standard InChI is InChI=1S/C23H28N2O7/c1-11(2)30-22(27)24-13(5)15-10-18-19(20(15)25(24)23(28)31-12(3)4)16-9-14(21(26)29-6)7-8-17(16)32-18/h7-13,18-20H,1-6H3/t13-,18+,19+,20+/m0/s1. The molecule has 0 unspecified atom stereocenters. The van der Waals surface area contributed by atoms with Crippen molar-refractivity contribution in [2.24, 2.45) is 0 Å². The Bertz CT molecular complexity index is 987. The Morgan fingerprint density at radius 2 is 1.62 bits per heavy atom. The second-order valence-electron chi connectivity index (χ2n) is 8.69. The second kappa shape index (κ2) is 8.03. The molecule has 2 heterocycles. The maximum atomic E-state index is 13.2. The average Bonchev–Trinajstić information content (AvgIpc) is 3.33. The average molecular weight is 444 g/mol. The van der Waals surface area contributed by atoms with Crippen molar-refractivity contribution in [2.75, 3.05) is 7.11 Å². The van der Waals surface area contributed by atoms with Crippen LogP contribution in [0.15, 0.2) is 29.8 Å². The predicted octanol–water partition coefficient (Wildman–Crippen LogP) is 3.64. The maximum Gasteiger partial charge on any atom is 0.429 e. The van der Waals surface area contributed by atoms with Crippen LogP contribution in [-0.2, 0) is 14.2 Å². The van der Waals surface area contributed by atoms with E-state index in [-0.39, 0.29) is 24.2 Å². The fourth-order valence-corrected chi connectivity index (χ4v) is 4.64. The number of fused-ring (bicyclic) bond motifs is 5. The molecule has 0 bridgehead atoms. The SMILES string of the molecule is COC(=O)c1ccc2c(c1)[C@H]1[C@H]3C(=C[C@H]1O2)[C@H](C)N(C(=O)OC(C)C)N3C(=O)OC(C)C. The van der Waals surface area contributed by atoms with E-state index in [1.165, 1.54) is 17.1 Å². The molecule has 1 aromatic carbocycles. The highest BCUT2D eigenvalue weighted by Crippen LogP contribution is 2.52. The number of rotatable bonds is 3. The van der Waals surface area contributed by atoms with Crippen molar-refractivity contribution in [3.05, 3.63) is 41.0 Å². The van der Waals surface area contributed by atoms with E-state index in [2.05, 4.69) is 0 Å². The summed E-state index contributed by atoms with van der Waals surface area (Å²) in [6.45, 7) is 8.84. The first-order chi connectivity index (χ1) is 15.1. The largest absolute Gasteiger partial charge is 0.485 e. The minimum atomic E-state index is -0.640. The van der Waals surface area contributed by atoms with E-state index in [1.807, 2.05) is 13.0 Å². The fraction of sp³-hybridized carbons (Fsp3) is 0.522. The van der Waals surface area contributed by atoms with Crippen molar-refractivity contribution >= 4 is 18.2 Å². The van der Waals surface area contributed by atoms with Gasteiger partial charge in [0.15, 0.2) is 0 Å². The van der Waals surface area contributed by atoms with Crippen LogP contribution in [0.1, 0.15) is 56.5 Å². The summed E-state index contributed by atoms with van der Waals surface area (Å²) in [4.78, 5) is 38.2. The molecule has 9 nitrogen and oxygen atoms in total. The van der Waals surface area contributed by atoms with Gasteiger partial charge >= 0.3 is 18.2 Å². The van der Waals surface area contributed by atoms with E-state index < -0.39 is 30.2 Å². The number of carbonyl (C=O) groups excluding carboxylic acids is 3. The van der Waals surface area contributed by atoms with Crippen LogP contribution in [0.5, 0.6) is 5.75 Å². The highest BCUT2D eigenvalue weighted by atomic mass is 16.6. The molecule has 1 aromatic rings. The molecule has 2 amide bonds. The minimum absolute atomic E-state index is 0.302. The fourth-order valence-electron chi connectivity index (χ4n) is 4.64. The minimum Gasteiger partial charge on any atom is -0.485 e. The third-order valence-corrected chi connectivity index (χ3v) is 5.84. The molecule has 2 aliphatic heterocycles. The number of hydrazine groups is 1. The van der Waals surface area contributed by atoms with Crippen LogP contribution >= 0.6 is 0 Å². The molecule has 1 fully saturated rings. The molecule has 32 heavy (non-hydrogen) atoms. The second-order valence-corrected chi connectivity index (χ2v) is 8.69. The van der Waals surface area contributed by atoms with Gasteiger partial charge in [0.1, 0.15) is 11.9 Å². The number of ether oxygens (including phenoxy) is 4. The lowest BCUT2D eigenvalue weighted by molar-refractivity contribution is -0.0394. The van der Waals surface area contributed by atoms with Crippen molar-refractivity contribution in [3.8, 4) is 5.75 Å². The molecule has 1 aliphatic carbocycles. The van der Waals surface area contributed by atoms with Gasteiger partial charge in [0, 0.05) is 5.56 Å². The molecule has 0 N–H and O–H groups in total. The summed E-state index contributed by atoms with van der Waals surface area (Å²) in [5.74, 6) is -0.125. The summed E-state index contributed by atoms with van der Waals surface area (Å²) in [6, 6.07) is 4.18. The lowest BCUT2D eigenvalue weighted by Crippen LogP contribution is -2.53. The lowest BCUT2D eigenvalue weighted by atomic mass is 9.89. The zero-order valence-corrected chi connectivity index (χ0v) is 19.0. The van der Waals surface area contributed by atoms with Crippen molar-refractivity contribution in [1.82, 2.24) is 10.0 Å². The number of hydrogen-bond acceptors (Lipinski definition) is 7. The third kappa shape index (κ3) is 3.45. The Kier molecular flexibility index (Phi) is 5.52. The van der Waals surface area contributed by atoms with Crippen molar-refractivity contribution in [2.45, 2.75) is 70.9 Å². The van der Waals surface area contributed by atoms with Gasteiger partial charge in [0.05, 0.1) is 42.9 Å². The van der Waals surface area contributed by atoms with Crippen LogP contribution in [0, 0.1) is 0 Å². The van der Waals surface area contributed by atoms with E-state index in [0.29, 0.717) is 11.3 Å². The number of nitrogens with zero attached hydrogens (tertiary/aromatic N) is 2. The van der Waals surface area contributed by atoms with Gasteiger partial charge in [0.25, 0.3) is 0 Å². The van der Waals surface area contributed by atoms with Crippen LogP contribution < -0.4 is 4.74 Å². The highest BCUT2D eigenvalue weighted by molar-refractivity contribution is 5.90. The molecule has 0 radical (unpaired) electrons. The van der Waals surface area contributed by atoms with Gasteiger partial charge in [0.2, 0.25) is 0 Å². The number of carbonyl (C=O) groups is 3. The molecule has 0 aromatic heterocycles. The molecule has 4 rings (SSSR count). The molecule has 0 spiro atoms. The molecular formula is C23H28N2O7. The molecule has 0 saturated carbocycles. The third-order valence-electron chi connectivity index (χ3n) is 5.84. The van der Waals surface area contributed by atoms with E-state index in [0.717, 1.165) is 11.1 Å². The van der Waals surface area contributed by atoms with Crippen LogP contribution in [0.2, 0.25) is 0 Å². The molecular weight excluding hydrogens is 416 g/mol. The first kappa shape index (κ1) is 22.0. The van der Waals surface area contributed by atoms with Gasteiger partial charge in [-0.2, -0.15) is 0 Å². The Balaban J connectivity index is 1.76. The summed E-state index contributed by atoms with van der Waals surface area (Å²) in [5.41, 5.74) is 2.04. The van der Waals surface area contributed by atoms with Gasteiger partial charge < -0.3 is 18.9 Å². The Morgan fingerprint density at radius 1 is 1.00 bits per heavy atom. The van der Waals surface area contributed by atoms with Gasteiger partial charge in [-0.15, -0.1) is 0 Å². The van der Waals surface area contributed by atoms with Crippen LogP contribution in [0.3, 0.4) is 0 Å². The summed E-state index contributed by atoms with van der Waals surface area (Å²) in [5, 5.41) is 2.66. The van der Waals surface area contributed by atoms with Gasteiger partial charge in [-0.25, -0.2) is 24.4 Å². The van der Waals surface area contributed by atoms with Crippen molar-refractivity contribution in [3.63, 3.8) is 0 Å². The Labute approximate surface area is 186 Å². The van der Waals surface area contributed by atoms with Crippen molar-refractivity contribution in [1.29, 1.82) is 0 Å². The zero-order valence-electron chi connectivity index (χ0n) is 19.0. The molecule has 4 atom stereocenters. The van der Waals surface area contributed by atoms with E-state index in [9.17, 15) is 14.4 Å². The first-order valence-electron chi connectivity index (χ1n) is 10.7. The maximum absolute atomic E-state index is 13.2. The van der Waals surface area contributed by atoms with E-state index in [1.54, 1.807) is 45.9 Å². The Morgan fingerprint density at radius 3 is 2.22 bits per heavy atom. The quantitative estimate of drug-likeness (QED) is 0.399. The number of hydrogen-bond donors (Lipinski definition) is 0. The van der Waals surface area contributed by atoms with E-state index >= 15 is 0 Å². The number of esters is 1. The number of benzene rings is 1. The summed E-state index contributed by atoms with van der Waals surface area (Å²) >= 11 is 0. The summed E-state index contributed by atoms with van der Waals surface area (Å²) < 4.78 is 21.9. The summed E-state index contributed by atoms with van der Waals surface area (Å²) in [7, 11) is 1.32. The van der Waals surface area contributed by atoms with Gasteiger partial charge in [-0.05, 0) is 64.5 Å². The summed E-state index contributed by atoms with van der Waals surface area (Å²) in [6.07, 6.45) is -0.350. The van der Waals surface area contributed by atoms with Crippen molar-refractivity contribution < 1.29 is 33.3 Å². The molecule has 9 heteroatoms. The highest BCUT2D eigenvalue weighted by Gasteiger charge is 2.59. The van der Waals surface area contributed by atoms with E-state index in [4.69, 9.17) is 18.9 Å².